The van der Waals surface area contributed by atoms with E-state index in [1.807, 2.05) is 12.1 Å². The standard InChI is InChI=1S/C18H25NO3S/c1-21-10-3-2-8-18(20,16-13-19-9-11-22-16)15-6-4-5-14-7-12-23-17(14)15/h4-7,12,16,19-20H,2-3,8-11,13H2,1H3/t16?,18-/m1/s1. The van der Waals surface area contributed by atoms with E-state index in [0.29, 0.717) is 19.6 Å². The number of unbranched alkanes of at least 4 members (excludes halogenated alkanes) is 1. The van der Waals surface area contributed by atoms with E-state index in [0.717, 1.165) is 36.3 Å². The van der Waals surface area contributed by atoms with Gasteiger partial charge in [-0.2, -0.15) is 0 Å². The summed E-state index contributed by atoms with van der Waals surface area (Å²) in [5.74, 6) is 0. The number of fused-ring (bicyclic) bond motifs is 1. The number of benzene rings is 1. The van der Waals surface area contributed by atoms with Crippen LogP contribution in [0.4, 0.5) is 0 Å². The molecule has 2 N–H and O–H groups in total. The summed E-state index contributed by atoms with van der Waals surface area (Å²) in [7, 11) is 1.72. The van der Waals surface area contributed by atoms with Crippen LogP contribution in [-0.2, 0) is 15.1 Å². The van der Waals surface area contributed by atoms with Crippen LogP contribution in [0.3, 0.4) is 0 Å². The molecule has 4 nitrogen and oxygen atoms in total. The molecular weight excluding hydrogens is 310 g/mol. The number of nitrogens with one attached hydrogen (secondary N) is 1. The lowest BCUT2D eigenvalue weighted by Crippen LogP contribution is -2.51. The maximum absolute atomic E-state index is 11.6. The lowest BCUT2D eigenvalue weighted by Gasteiger charge is -2.39. The van der Waals surface area contributed by atoms with Crippen molar-refractivity contribution in [2.45, 2.75) is 31.0 Å². The second-order valence-electron chi connectivity index (χ2n) is 6.08. The molecule has 1 aliphatic rings. The second-order valence-corrected chi connectivity index (χ2v) is 7.00. The third-order valence-corrected chi connectivity index (χ3v) is 5.53. The molecule has 0 bridgehead atoms. The third kappa shape index (κ3) is 3.59. The van der Waals surface area contributed by atoms with E-state index in [1.165, 1.54) is 5.39 Å². The third-order valence-electron chi connectivity index (χ3n) is 4.56. The summed E-state index contributed by atoms with van der Waals surface area (Å²) in [6.07, 6.45) is 2.32. The first-order chi connectivity index (χ1) is 11.3. The zero-order valence-corrected chi connectivity index (χ0v) is 14.4. The van der Waals surface area contributed by atoms with Gasteiger partial charge in [0.15, 0.2) is 0 Å². The number of hydrogen-bond acceptors (Lipinski definition) is 5. The summed E-state index contributed by atoms with van der Waals surface area (Å²) in [5, 5.41) is 18.2. The molecule has 1 saturated heterocycles. The maximum atomic E-state index is 11.6. The quantitative estimate of drug-likeness (QED) is 0.764. The molecule has 1 unspecified atom stereocenters. The molecule has 1 aromatic carbocycles. The number of ether oxygens (including phenoxy) is 2. The van der Waals surface area contributed by atoms with Crippen molar-refractivity contribution in [3.63, 3.8) is 0 Å². The van der Waals surface area contributed by atoms with Crippen LogP contribution in [-0.4, -0.2) is 44.6 Å². The molecular formula is C18H25NO3S. The smallest absolute Gasteiger partial charge is 0.118 e. The Morgan fingerprint density at radius 3 is 3.09 bits per heavy atom. The molecule has 2 heterocycles. The van der Waals surface area contributed by atoms with Gasteiger partial charge in [0.25, 0.3) is 0 Å². The van der Waals surface area contributed by atoms with Crippen molar-refractivity contribution >= 4 is 21.4 Å². The highest BCUT2D eigenvalue weighted by Crippen LogP contribution is 2.39. The van der Waals surface area contributed by atoms with Crippen molar-refractivity contribution in [1.82, 2.24) is 5.32 Å². The van der Waals surface area contributed by atoms with E-state index in [9.17, 15) is 5.11 Å². The molecule has 1 fully saturated rings. The SMILES string of the molecule is COCCCC[C@@](O)(c1cccc2ccsc12)C1CNCCO1. The largest absolute Gasteiger partial charge is 0.385 e. The molecule has 23 heavy (non-hydrogen) atoms. The summed E-state index contributed by atoms with van der Waals surface area (Å²) < 4.78 is 12.2. The molecule has 2 aromatic rings. The zero-order valence-electron chi connectivity index (χ0n) is 13.6. The van der Waals surface area contributed by atoms with E-state index in [2.05, 4.69) is 22.8 Å². The average molecular weight is 335 g/mol. The molecule has 3 rings (SSSR count). The summed E-state index contributed by atoms with van der Waals surface area (Å²) >= 11 is 1.69. The Bertz CT molecular complexity index is 624. The molecule has 0 amide bonds. The minimum atomic E-state index is -0.967. The number of methoxy groups -OCH3 is 1. The van der Waals surface area contributed by atoms with Gasteiger partial charge in [-0.3, -0.25) is 0 Å². The Kier molecular flexibility index (Phi) is 5.67. The van der Waals surface area contributed by atoms with Gasteiger partial charge in [0.1, 0.15) is 11.7 Å². The maximum Gasteiger partial charge on any atom is 0.118 e. The van der Waals surface area contributed by atoms with Crippen LogP contribution < -0.4 is 5.32 Å². The van der Waals surface area contributed by atoms with Gasteiger partial charge < -0.3 is 19.9 Å². The number of hydrogen-bond donors (Lipinski definition) is 2. The number of rotatable bonds is 7. The first-order valence-corrected chi connectivity index (χ1v) is 9.14. The zero-order chi connectivity index (χ0) is 16.1. The van der Waals surface area contributed by atoms with E-state index in [1.54, 1.807) is 18.4 Å². The van der Waals surface area contributed by atoms with Crippen molar-refractivity contribution in [3.8, 4) is 0 Å². The van der Waals surface area contributed by atoms with Crippen LogP contribution in [0.1, 0.15) is 24.8 Å². The molecule has 1 aromatic heterocycles. The lowest BCUT2D eigenvalue weighted by atomic mass is 9.82. The van der Waals surface area contributed by atoms with Crippen molar-refractivity contribution in [2.75, 3.05) is 33.4 Å². The Labute approximate surface area is 141 Å². The number of thiophene rings is 1. The minimum absolute atomic E-state index is 0.216. The van der Waals surface area contributed by atoms with Crippen LogP contribution in [0.15, 0.2) is 29.6 Å². The topological polar surface area (TPSA) is 50.7 Å². The Morgan fingerprint density at radius 1 is 1.39 bits per heavy atom. The van der Waals surface area contributed by atoms with Gasteiger partial charge >= 0.3 is 0 Å². The van der Waals surface area contributed by atoms with Crippen molar-refractivity contribution in [2.24, 2.45) is 0 Å². The van der Waals surface area contributed by atoms with Crippen molar-refractivity contribution in [3.05, 3.63) is 35.2 Å². The van der Waals surface area contributed by atoms with Gasteiger partial charge in [-0.1, -0.05) is 18.2 Å². The molecule has 126 valence electrons. The van der Waals surface area contributed by atoms with E-state index in [4.69, 9.17) is 9.47 Å². The Hall–Kier alpha value is -0.980. The Morgan fingerprint density at radius 2 is 2.30 bits per heavy atom. The van der Waals surface area contributed by atoms with Gasteiger partial charge in [-0.05, 0) is 36.1 Å². The molecule has 2 atom stereocenters. The molecule has 0 saturated carbocycles. The van der Waals surface area contributed by atoms with Crippen LogP contribution in [0.2, 0.25) is 0 Å². The highest BCUT2D eigenvalue weighted by molar-refractivity contribution is 7.17. The fourth-order valence-corrected chi connectivity index (χ4v) is 4.31. The number of morpholine rings is 1. The fraction of sp³-hybridized carbons (Fsp3) is 0.556. The molecule has 5 heteroatoms. The van der Waals surface area contributed by atoms with Crippen LogP contribution >= 0.6 is 11.3 Å². The van der Waals surface area contributed by atoms with Gasteiger partial charge in [0.05, 0.1) is 6.61 Å². The predicted molar refractivity (Wildman–Crippen MR) is 94.1 cm³/mol. The van der Waals surface area contributed by atoms with Crippen molar-refractivity contribution < 1.29 is 14.6 Å². The highest BCUT2D eigenvalue weighted by atomic mass is 32.1. The predicted octanol–water partition coefficient (Wildman–Crippen LogP) is 2.89. The second kappa shape index (κ2) is 7.73. The Balaban J connectivity index is 1.91. The fourth-order valence-electron chi connectivity index (χ4n) is 3.32. The van der Waals surface area contributed by atoms with Gasteiger partial charge in [0.2, 0.25) is 0 Å². The molecule has 0 spiro atoms. The highest BCUT2D eigenvalue weighted by Gasteiger charge is 2.41. The lowest BCUT2D eigenvalue weighted by molar-refractivity contribution is -0.129. The summed E-state index contributed by atoms with van der Waals surface area (Å²) in [4.78, 5) is 0. The van der Waals surface area contributed by atoms with E-state index < -0.39 is 5.60 Å². The molecule has 1 aliphatic heterocycles. The van der Waals surface area contributed by atoms with Crippen molar-refractivity contribution in [1.29, 1.82) is 0 Å². The van der Waals surface area contributed by atoms with Crippen LogP contribution in [0.25, 0.3) is 10.1 Å². The first kappa shape index (κ1) is 16.9. The van der Waals surface area contributed by atoms with Gasteiger partial charge in [-0.25, -0.2) is 0 Å². The minimum Gasteiger partial charge on any atom is -0.385 e. The van der Waals surface area contributed by atoms with E-state index >= 15 is 0 Å². The van der Waals surface area contributed by atoms with Gasteiger partial charge in [-0.15, -0.1) is 11.3 Å². The summed E-state index contributed by atoms with van der Waals surface area (Å²) in [5.41, 5.74) is 0.0297. The van der Waals surface area contributed by atoms with E-state index in [-0.39, 0.29) is 6.10 Å². The summed E-state index contributed by atoms with van der Waals surface area (Å²) in [6, 6.07) is 8.28. The van der Waals surface area contributed by atoms with Crippen LogP contribution in [0, 0.1) is 0 Å². The monoisotopic (exact) mass is 335 g/mol. The normalized spacial score (nSPS) is 21.4. The number of aliphatic hydroxyl groups is 1. The molecule has 0 aliphatic carbocycles. The molecule has 0 radical (unpaired) electrons. The average Bonchev–Trinajstić information content (AvgIpc) is 3.08. The van der Waals surface area contributed by atoms with Gasteiger partial charge in [0, 0.05) is 37.1 Å². The first-order valence-electron chi connectivity index (χ1n) is 8.26. The summed E-state index contributed by atoms with van der Waals surface area (Å²) in [6.45, 7) is 2.90. The van der Waals surface area contributed by atoms with Crippen LogP contribution in [0.5, 0.6) is 0 Å².